The first-order valence-electron chi connectivity index (χ1n) is 5.57. The fourth-order valence-electron chi connectivity index (χ4n) is 1.90. The molecule has 0 aromatic carbocycles. The molecule has 1 aromatic rings. The molecule has 1 unspecified atom stereocenters. The smallest absolute Gasteiger partial charge is 0.0954 e. The summed E-state index contributed by atoms with van der Waals surface area (Å²) in [4.78, 5) is 7.03. The summed E-state index contributed by atoms with van der Waals surface area (Å²) in [5.74, 6) is 0.546. The Balaban J connectivity index is 0.00000128. The number of hydrogen-bond acceptors (Lipinski definition) is 4. The van der Waals surface area contributed by atoms with Crippen LogP contribution in [0.5, 0.6) is 0 Å². The van der Waals surface area contributed by atoms with Gasteiger partial charge < -0.3 is 5.73 Å². The lowest BCUT2D eigenvalue weighted by Gasteiger charge is -2.12. The molecule has 1 aliphatic rings. The summed E-state index contributed by atoms with van der Waals surface area (Å²) >= 11 is 1.77. The fraction of sp³-hybridized carbons (Fsp3) is 0.727. The van der Waals surface area contributed by atoms with Gasteiger partial charge in [0.1, 0.15) is 0 Å². The maximum Gasteiger partial charge on any atom is 0.0954 e. The Labute approximate surface area is 120 Å². The first-order chi connectivity index (χ1) is 7.15. The summed E-state index contributed by atoms with van der Waals surface area (Å²) in [6.45, 7) is 7.49. The third-order valence-electron chi connectivity index (χ3n) is 2.76. The summed E-state index contributed by atoms with van der Waals surface area (Å²) in [5, 5.41) is 3.42. The normalized spacial score (nSPS) is 20.1. The predicted molar refractivity (Wildman–Crippen MR) is 78.6 cm³/mol. The van der Waals surface area contributed by atoms with Crippen LogP contribution in [-0.4, -0.2) is 29.0 Å². The Morgan fingerprint density at radius 3 is 2.71 bits per heavy atom. The molecule has 3 nitrogen and oxygen atoms in total. The van der Waals surface area contributed by atoms with Gasteiger partial charge in [-0.05, 0) is 6.42 Å². The molecule has 0 aliphatic carbocycles. The summed E-state index contributed by atoms with van der Waals surface area (Å²) in [6, 6.07) is 0.369. The van der Waals surface area contributed by atoms with E-state index in [4.69, 9.17) is 5.73 Å². The first kappa shape index (κ1) is 17.1. The quantitative estimate of drug-likeness (QED) is 0.933. The molecule has 2 N–H and O–H groups in total. The monoisotopic (exact) mass is 297 g/mol. The van der Waals surface area contributed by atoms with Gasteiger partial charge in [0.05, 0.1) is 10.7 Å². The van der Waals surface area contributed by atoms with E-state index in [0.29, 0.717) is 12.0 Å². The number of aromatic nitrogens is 1. The number of nitrogens with zero attached hydrogens (tertiary/aromatic N) is 2. The number of likely N-dealkylation sites (tertiary alicyclic amines) is 1. The predicted octanol–water partition coefficient (Wildman–Crippen LogP) is 2.64. The molecule has 0 saturated carbocycles. The number of nitrogens with two attached hydrogens (primary N) is 1. The molecule has 0 spiro atoms. The van der Waals surface area contributed by atoms with Crippen molar-refractivity contribution in [1.29, 1.82) is 0 Å². The van der Waals surface area contributed by atoms with E-state index in [1.54, 1.807) is 11.3 Å². The fourth-order valence-corrected chi connectivity index (χ4v) is 2.72. The van der Waals surface area contributed by atoms with Crippen molar-refractivity contribution in [2.45, 2.75) is 38.8 Å². The molecular formula is C11H21Cl2N3S. The van der Waals surface area contributed by atoms with E-state index >= 15 is 0 Å². The zero-order valence-electron chi connectivity index (χ0n) is 10.3. The van der Waals surface area contributed by atoms with Crippen molar-refractivity contribution in [2.75, 3.05) is 13.1 Å². The van der Waals surface area contributed by atoms with Gasteiger partial charge in [-0.3, -0.25) is 4.90 Å². The summed E-state index contributed by atoms with van der Waals surface area (Å²) in [5.41, 5.74) is 7.08. The second-order valence-corrected chi connectivity index (χ2v) is 5.51. The Morgan fingerprint density at radius 2 is 2.24 bits per heavy atom. The molecule has 1 aliphatic heterocycles. The van der Waals surface area contributed by atoms with Crippen LogP contribution in [-0.2, 0) is 6.54 Å². The van der Waals surface area contributed by atoms with Gasteiger partial charge in [-0.25, -0.2) is 4.98 Å². The molecule has 1 aromatic heterocycles. The third kappa shape index (κ3) is 4.72. The minimum atomic E-state index is 0. The van der Waals surface area contributed by atoms with Crippen molar-refractivity contribution in [2.24, 2.45) is 5.73 Å². The average molecular weight is 298 g/mol. The molecule has 0 bridgehead atoms. The van der Waals surface area contributed by atoms with Crippen molar-refractivity contribution in [3.63, 3.8) is 0 Å². The maximum absolute atomic E-state index is 5.87. The maximum atomic E-state index is 5.87. The second kappa shape index (κ2) is 7.54. The first-order valence-corrected chi connectivity index (χ1v) is 6.45. The Kier molecular flexibility index (Phi) is 7.60. The van der Waals surface area contributed by atoms with Crippen molar-refractivity contribution in [3.05, 3.63) is 16.1 Å². The van der Waals surface area contributed by atoms with Gasteiger partial charge >= 0.3 is 0 Å². The second-order valence-electron chi connectivity index (χ2n) is 4.62. The van der Waals surface area contributed by atoms with Gasteiger partial charge in [0, 0.05) is 37.0 Å². The molecule has 100 valence electrons. The van der Waals surface area contributed by atoms with E-state index in [-0.39, 0.29) is 24.8 Å². The topological polar surface area (TPSA) is 42.2 Å². The van der Waals surface area contributed by atoms with E-state index in [1.165, 1.54) is 10.7 Å². The molecule has 1 saturated heterocycles. The van der Waals surface area contributed by atoms with Gasteiger partial charge in [0.2, 0.25) is 0 Å². The van der Waals surface area contributed by atoms with E-state index in [2.05, 4.69) is 29.1 Å². The molecule has 1 fully saturated rings. The van der Waals surface area contributed by atoms with Gasteiger partial charge in [-0.1, -0.05) is 13.8 Å². The highest BCUT2D eigenvalue weighted by Gasteiger charge is 2.19. The summed E-state index contributed by atoms with van der Waals surface area (Å²) in [6.07, 6.45) is 1.13. The largest absolute Gasteiger partial charge is 0.326 e. The zero-order valence-corrected chi connectivity index (χ0v) is 12.7. The summed E-state index contributed by atoms with van der Waals surface area (Å²) in [7, 11) is 0. The highest BCUT2D eigenvalue weighted by atomic mass is 35.5. The van der Waals surface area contributed by atoms with E-state index in [0.717, 1.165) is 26.1 Å². The van der Waals surface area contributed by atoms with E-state index in [9.17, 15) is 0 Å². The molecule has 6 heteroatoms. The van der Waals surface area contributed by atoms with Crippen LogP contribution < -0.4 is 5.73 Å². The molecule has 17 heavy (non-hydrogen) atoms. The molecule has 0 radical (unpaired) electrons. The third-order valence-corrected chi connectivity index (χ3v) is 3.95. The van der Waals surface area contributed by atoms with Crippen LogP contribution in [0.25, 0.3) is 0 Å². The SMILES string of the molecule is CC(C)c1nc(CN2CCC(N)C2)cs1.Cl.Cl. The van der Waals surface area contributed by atoms with Gasteiger partial charge in [0.15, 0.2) is 0 Å². The van der Waals surface area contributed by atoms with Gasteiger partial charge in [0.25, 0.3) is 0 Å². The molecule has 2 heterocycles. The lowest BCUT2D eigenvalue weighted by Crippen LogP contribution is -2.26. The van der Waals surface area contributed by atoms with Crippen LogP contribution in [0.3, 0.4) is 0 Å². The van der Waals surface area contributed by atoms with Crippen LogP contribution in [0.4, 0.5) is 0 Å². The molecule has 1 atom stereocenters. The number of thiazole rings is 1. The highest BCUT2D eigenvalue weighted by Crippen LogP contribution is 2.20. The number of rotatable bonds is 3. The van der Waals surface area contributed by atoms with Crippen molar-refractivity contribution >= 4 is 36.2 Å². The Bertz CT molecular complexity index is 330. The minimum absolute atomic E-state index is 0. The lowest BCUT2D eigenvalue weighted by atomic mass is 10.2. The van der Waals surface area contributed by atoms with Crippen LogP contribution in [0.15, 0.2) is 5.38 Å². The summed E-state index contributed by atoms with van der Waals surface area (Å²) < 4.78 is 0. The van der Waals surface area contributed by atoms with Crippen LogP contribution in [0, 0.1) is 0 Å². The van der Waals surface area contributed by atoms with Crippen LogP contribution in [0.2, 0.25) is 0 Å². The average Bonchev–Trinajstić information content (AvgIpc) is 2.76. The standard InChI is InChI=1S/C11H19N3S.2ClH/c1-8(2)11-13-10(7-15-11)6-14-4-3-9(12)5-14;;/h7-9H,3-6,12H2,1-2H3;2*1H. The van der Waals surface area contributed by atoms with Gasteiger partial charge in [-0.15, -0.1) is 36.2 Å². The van der Waals surface area contributed by atoms with Crippen LogP contribution in [0.1, 0.15) is 36.9 Å². The van der Waals surface area contributed by atoms with E-state index in [1.807, 2.05) is 0 Å². The Hall–Kier alpha value is 0.130. The molecule has 2 rings (SSSR count). The van der Waals surface area contributed by atoms with Crippen molar-refractivity contribution < 1.29 is 0 Å². The zero-order chi connectivity index (χ0) is 10.8. The Morgan fingerprint density at radius 1 is 1.53 bits per heavy atom. The van der Waals surface area contributed by atoms with Crippen molar-refractivity contribution in [1.82, 2.24) is 9.88 Å². The molecule has 0 amide bonds. The minimum Gasteiger partial charge on any atom is -0.326 e. The number of hydrogen-bond donors (Lipinski definition) is 1. The number of halogens is 2. The highest BCUT2D eigenvalue weighted by molar-refractivity contribution is 7.09. The van der Waals surface area contributed by atoms with Gasteiger partial charge in [-0.2, -0.15) is 0 Å². The molecular weight excluding hydrogens is 277 g/mol. The van der Waals surface area contributed by atoms with Crippen LogP contribution >= 0.6 is 36.2 Å². The van der Waals surface area contributed by atoms with Crippen molar-refractivity contribution in [3.8, 4) is 0 Å². The van der Waals surface area contributed by atoms with E-state index < -0.39 is 0 Å². The lowest BCUT2D eigenvalue weighted by molar-refractivity contribution is 0.323.